The van der Waals surface area contributed by atoms with Crippen LogP contribution in [0.3, 0.4) is 0 Å². The first-order valence-electron chi connectivity index (χ1n) is 6.23. The molecule has 0 saturated carbocycles. The van der Waals surface area contributed by atoms with E-state index in [2.05, 4.69) is 58.9 Å². The van der Waals surface area contributed by atoms with Crippen molar-refractivity contribution in [3.05, 3.63) is 35.4 Å². The molecule has 0 N–H and O–H groups in total. The lowest BCUT2D eigenvalue weighted by Crippen LogP contribution is -2.16. The summed E-state index contributed by atoms with van der Waals surface area (Å²) < 4.78 is 5.75. The first kappa shape index (κ1) is 13.2. The molecular formula is C15H24O. The lowest BCUT2D eigenvalue weighted by molar-refractivity contribution is 0.0195. The van der Waals surface area contributed by atoms with Gasteiger partial charge in [0.05, 0.1) is 12.2 Å². The maximum absolute atomic E-state index is 5.75. The number of hydrogen-bond acceptors (Lipinski definition) is 1. The van der Waals surface area contributed by atoms with Crippen LogP contribution in [0.5, 0.6) is 0 Å². The summed E-state index contributed by atoms with van der Waals surface area (Å²) in [5.41, 5.74) is 2.79. The molecule has 1 rings (SSSR count). The van der Waals surface area contributed by atoms with Gasteiger partial charge in [-0.2, -0.15) is 0 Å². The van der Waals surface area contributed by atoms with E-state index in [1.807, 2.05) is 0 Å². The van der Waals surface area contributed by atoms with Crippen LogP contribution in [-0.2, 0) is 11.2 Å². The fraction of sp³-hybridized carbons (Fsp3) is 0.600. The smallest absolute Gasteiger partial charge is 0.0590 e. The first-order chi connectivity index (χ1) is 7.49. The molecule has 0 bridgehead atoms. The summed E-state index contributed by atoms with van der Waals surface area (Å²) in [6.45, 7) is 10.8. The Balaban J connectivity index is 2.63. The molecule has 0 aliphatic rings. The molecule has 1 unspecified atom stereocenters. The highest BCUT2D eigenvalue weighted by Crippen LogP contribution is 2.17. The van der Waals surface area contributed by atoms with Crippen LogP contribution in [0, 0.1) is 0 Å². The molecule has 0 fully saturated rings. The maximum atomic E-state index is 5.75. The van der Waals surface area contributed by atoms with E-state index < -0.39 is 0 Å². The normalized spacial score (nSPS) is 13.4. The molecule has 0 spiro atoms. The van der Waals surface area contributed by atoms with Crippen LogP contribution < -0.4 is 0 Å². The SMILES string of the molecule is CC(C)OC(C)Cc1cccc(C(C)C)c1. The molecule has 0 heterocycles. The van der Waals surface area contributed by atoms with Gasteiger partial charge in [0, 0.05) is 0 Å². The molecule has 1 heteroatoms. The third-order valence-electron chi connectivity index (χ3n) is 2.65. The van der Waals surface area contributed by atoms with E-state index in [0.717, 1.165) is 6.42 Å². The largest absolute Gasteiger partial charge is 0.376 e. The van der Waals surface area contributed by atoms with Crippen molar-refractivity contribution < 1.29 is 4.74 Å². The van der Waals surface area contributed by atoms with Crippen molar-refractivity contribution in [3.63, 3.8) is 0 Å². The Morgan fingerprint density at radius 2 is 1.75 bits per heavy atom. The fourth-order valence-electron chi connectivity index (χ4n) is 1.92. The maximum Gasteiger partial charge on any atom is 0.0590 e. The average molecular weight is 220 g/mol. The summed E-state index contributed by atoms with van der Waals surface area (Å²) in [6, 6.07) is 8.83. The highest BCUT2D eigenvalue weighted by atomic mass is 16.5. The van der Waals surface area contributed by atoms with Crippen LogP contribution in [0.2, 0.25) is 0 Å². The van der Waals surface area contributed by atoms with Crippen LogP contribution in [0.1, 0.15) is 51.7 Å². The number of hydrogen-bond donors (Lipinski definition) is 0. The Labute approximate surface area is 99.8 Å². The van der Waals surface area contributed by atoms with Gasteiger partial charge in [-0.05, 0) is 44.2 Å². The summed E-state index contributed by atoms with van der Waals surface area (Å²) >= 11 is 0. The molecular weight excluding hydrogens is 196 g/mol. The zero-order valence-electron chi connectivity index (χ0n) is 11.2. The van der Waals surface area contributed by atoms with Crippen LogP contribution in [-0.4, -0.2) is 12.2 Å². The van der Waals surface area contributed by atoms with E-state index in [1.54, 1.807) is 0 Å². The van der Waals surface area contributed by atoms with E-state index in [1.165, 1.54) is 11.1 Å². The van der Waals surface area contributed by atoms with Gasteiger partial charge in [-0.3, -0.25) is 0 Å². The summed E-state index contributed by atoms with van der Waals surface area (Å²) in [6.07, 6.45) is 1.60. The van der Waals surface area contributed by atoms with Crippen molar-refractivity contribution in [3.8, 4) is 0 Å². The van der Waals surface area contributed by atoms with Crippen LogP contribution in [0.4, 0.5) is 0 Å². The molecule has 0 saturated heterocycles. The zero-order valence-corrected chi connectivity index (χ0v) is 11.2. The predicted octanol–water partition coefficient (Wildman–Crippen LogP) is 4.17. The van der Waals surface area contributed by atoms with Crippen molar-refractivity contribution >= 4 is 0 Å². The molecule has 0 radical (unpaired) electrons. The molecule has 0 aliphatic heterocycles. The lowest BCUT2D eigenvalue weighted by Gasteiger charge is -2.16. The van der Waals surface area contributed by atoms with E-state index in [-0.39, 0.29) is 0 Å². The predicted molar refractivity (Wildman–Crippen MR) is 69.9 cm³/mol. The molecule has 1 atom stereocenters. The Kier molecular flexibility index (Phi) is 5.01. The van der Waals surface area contributed by atoms with Crippen LogP contribution in [0.15, 0.2) is 24.3 Å². The molecule has 0 aliphatic carbocycles. The summed E-state index contributed by atoms with van der Waals surface area (Å²) in [5, 5.41) is 0. The van der Waals surface area contributed by atoms with E-state index in [0.29, 0.717) is 18.1 Å². The van der Waals surface area contributed by atoms with Crippen molar-refractivity contribution in [1.29, 1.82) is 0 Å². The Bertz CT molecular complexity index is 315. The van der Waals surface area contributed by atoms with Crippen molar-refractivity contribution in [2.75, 3.05) is 0 Å². The van der Waals surface area contributed by atoms with Crippen LogP contribution in [0.25, 0.3) is 0 Å². The third-order valence-corrected chi connectivity index (χ3v) is 2.65. The Morgan fingerprint density at radius 1 is 1.06 bits per heavy atom. The first-order valence-corrected chi connectivity index (χ1v) is 6.23. The van der Waals surface area contributed by atoms with Gasteiger partial charge in [0.2, 0.25) is 0 Å². The molecule has 1 aromatic carbocycles. The van der Waals surface area contributed by atoms with Gasteiger partial charge in [0.15, 0.2) is 0 Å². The van der Waals surface area contributed by atoms with Gasteiger partial charge in [0.1, 0.15) is 0 Å². The van der Waals surface area contributed by atoms with E-state index >= 15 is 0 Å². The quantitative estimate of drug-likeness (QED) is 0.723. The number of benzene rings is 1. The van der Waals surface area contributed by atoms with Gasteiger partial charge < -0.3 is 4.74 Å². The number of ether oxygens (including phenoxy) is 1. The second-order valence-electron chi connectivity index (χ2n) is 5.10. The average Bonchev–Trinajstić information content (AvgIpc) is 2.16. The van der Waals surface area contributed by atoms with Gasteiger partial charge in [0.25, 0.3) is 0 Å². The molecule has 90 valence electrons. The van der Waals surface area contributed by atoms with Crippen molar-refractivity contribution in [2.45, 2.75) is 59.2 Å². The molecule has 1 aromatic rings. The Morgan fingerprint density at radius 3 is 2.31 bits per heavy atom. The molecule has 0 aromatic heterocycles. The minimum atomic E-state index is 0.294. The second-order valence-corrected chi connectivity index (χ2v) is 5.10. The highest BCUT2D eigenvalue weighted by Gasteiger charge is 2.07. The van der Waals surface area contributed by atoms with Gasteiger partial charge in [-0.1, -0.05) is 38.1 Å². The Hall–Kier alpha value is -0.820. The minimum absolute atomic E-state index is 0.294. The minimum Gasteiger partial charge on any atom is -0.376 e. The van der Waals surface area contributed by atoms with Gasteiger partial charge in [-0.15, -0.1) is 0 Å². The number of rotatable bonds is 5. The highest BCUT2D eigenvalue weighted by molar-refractivity contribution is 5.26. The summed E-state index contributed by atoms with van der Waals surface area (Å²) in [4.78, 5) is 0. The zero-order chi connectivity index (χ0) is 12.1. The molecule has 1 nitrogen and oxygen atoms in total. The van der Waals surface area contributed by atoms with E-state index in [9.17, 15) is 0 Å². The monoisotopic (exact) mass is 220 g/mol. The van der Waals surface area contributed by atoms with E-state index in [4.69, 9.17) is 4.74 Å². The van der Waals surface area contributed by atoms with Crippen LogP contribution >= 0.6 is 0 Å². The van der Waals surface area contributed by atoms with Gasteiger partial charge in [-0.25, -0.2) is 0 Å². The third kappa shape index (κ3) is 4.36. The van der Waals surface area contributed by atoms with Crippen molar-refractivity contribution in [2.24, 2.45) is 0 Å². The fourth-order valence-corrected chi connectivity index (χ4v) is 1.92. The van der Waals surface area contributed by atoms with Gasteiger partial charge >= 0.3 is 0 Å². The molecule has 0 amide bonds. The van der Waals surface area contributed by atoms with Crippen molar-refractivity contribution in [1.82, 2.24) is 0 Å². The topological polar surface area (TPSA) is 9.23 Å². The standard InChI is InChI=1S/C15H24O/c1-11(2)15-8-6-7-14(10-15)9-13(5)16-12(3)4/h6-8,10-13H,9H2,1-5H3. The molecule has 16 heavy (non-hydrogen) atoms. The summed E-state index contributed by atoms with van der Waals surface area (Å²) in [5.74, 6) is 0.598. The second kappa shape index (κ2) is 6.05. The summed E-state index contributed by atoms with van der Waals surface area (Å²) in [7, 11) is 0. The lowest BCUT2D eigenvalue weighted by atomic mass is 9.99.